The van der Waals surface area contributed by atoms with Crippen molar-refractivity contribution in [1.82, 2.24) is 10.2 Å². The van der Waals surface area contributed by atoms with E-state index in [9.17, 15) is 4.79 Å². The lowest BCUT2D eigenvalue weighted by Crippen LogP contribution is -2.40. The summed E-state index contributed by atoms with van der Waals surface area (Å²) in [4.78, 5) is 14.8. The predicted molar refractivity (Wildman–Crippen MR) is 84.3 cm³/mol. The molecule has 1 aromatic carbocycles. The minimum Gasteiger partial charge on any atom is -0.383 e. The maximum Gasteiger partial charge on any atom is 0.317 e. The highest BCUT2D eigenvalue weighted by Gasteiger charge is 2.12. The Balaban J connectivity index is 2.52. The van der Waals surface area contributed by atoms with Crippen LogP contribution in [0.1, 0.15) is 25.5 Å². The average Bonchev–Trinajstić information content (AvgIpc) is 2.45. The first-order valence-corrected chi connectivity index (χ1v) is 7.80. The molecule has 0 aliphatic carbocycles. The predicted octanol–water partition coefficient (Wildman–Crippen LogP) is 3.15. The summed E-state index contributed by atoms with van der Waals surface area (Å²) >= 11 is 1.81. The van der Waals surface area contributed by atoms with E-state index in [1.807, 2.05) is 18.7 Å². The summed E-state index contributed by atoms with van der Waals surface area (Å²) in [7, 11) is 3.40. The SMILES string of the molecule is CCSc1ccc([C@H](C)NC(=O)N(C)CCOC)cc1. The molecule has 1 atom stereocenters. The van der Waals surface area contributed by atoms with Gasteiger partial charge in [0.1, 0.15) is 0 Å². The van der Waals surface area contributed by atoms with Crippen LogP contribution in [0.2, 0.25) is 0 Å². The highest BCUT2D eigenvalue weighted by molar-refractivity contribution is 7.99. The van der Waals surface area contributed by atoms with Gasteiger partial charge in [-0.3, -0.25) is 0 Å². The van der Waals surface area contributed by atoms with Crippen LogP contribution in [-0.2, 0) is 4.74 Å². The smallest absolute Gasteiger partial charge is 0.317 e. The maximum atomic E-state index is 12.0. The Morgan fingerprint density at radius 2 is 2.05 bits per heavy atom. The fraction of sp³-hybridized carbons (Fsp3) is 0.533. The summed E-state index contributed by atoms with van der Waals surface area (Å²) in [5, 5.41) is 2.98. The normalized spacial score (nSPS) is 12.0. The van der Waals surface area contributed by atoms with Gasteiger partial charge in [0.05, 0.1) is 12.6 Å². The topological polar surface area (TPSA) is 41.6 Å². The third kappa shape index (κ3) is 5.43. The number of benzene rings is 1. The Bertz CT molecular complexity index is 409. The van der Waals surface area contributed by atoms with Gasteiger partial charge in [0.25, 0.3) is 0 Å². The quantitative estimate of drug-likeness (QED) is 0.786. The number of carbonyl (C=O) groups excluding carboxylic acids is 1. The molecule has 0 saturated carbocycles. The summed E-state index contributed by atoms with van der Waals surface area (Å²) in [6, 6.07) is 8.24. The second-order valence-electron chi connectivity index (χ2n) is 4.59. The number of nitrogens with zero attached hydrogens (tertiary/aromatic N) is 1. The summed E-state index contributed by atoms with van der Waals surface area (Å²) < 4.78 is 4.96. The summed E-state index contributed by atoms with van der Waals surface area (Å²) in [5.74, 6) is 1.07. The van der Waals surface area contributed by atoms with Gasteiger partial charge in [-0.25, -0.2) is 4.79 Å². The van der Waals surface area contributed by atoms with E-state index in [2.05, 4.69) is 36.5 Å². The maximum absolute atomic E-state index is 12.0. The first-order chi connectivity index (χ1) is 9.58. The van der Waals surface area contributed by atoms with Crippen molar-refractivity contribution < 1.29 is 9.53 Å². The number of nitrogens with one attached hydrogen (secondary N) is 1. The zero-order valence-electron chi connectivity index (χ0n) is 12.7. The van der Waals surface area contributed by atoms with E-state index in [4.69, 9.17) is 4.74 Å². The van der Waals surface area contributed by atoms with Gasteiger partial charge in [-0.05, 0) is 30.4 Å². The number of ether oxygens (including phenoxy) is 1. The monoisotopic (exact) mass is 296 g/mol. The van der Waals surface area contributed by atoms with Crippen LogP contribution in [0.5, 0.6) is 0 Å². The Hall–Kier alpha value is -1.20. The molecule has 1 rings (SSSR count). The first kappa shape index (κ1) is 16.9. The molecule has 0 heterocycles. The molecule has 0 fully saturated rings. The number of likely N-dealkylation sites (N-methyl/N-ethyl adjacent to an activating group) is 1. The van der Waals surface area contributed by atoms with E-state index in [1.165, 1.54) is 4.90 Å². The number of rotatable bonds is 7. The molecule has 20 heavy (non-hydrogen) atoms. The first-order valence-electron chi connectivity index (χ1n) is 6.81. The van der Waals surface area contributed by atoms with Crippen LogP contribution >= 0.6 is 11.8 Å². The molecule has 0 saturated heterocycles. The summed E-state index contributed by atoms with van der Waals surface area (Å²) in [5.41, 5.74) is 1.11. The Morgan fingerprint density at radius 3 is 2.60 bits per heavy atom. The van der Waals surface area contributed by atoms with Crippen molar-refractivity contribution in [2.45, 2.75) is 24.8 Å². The van der Waals surface area contributed by atoms with E-state index >= 15 is 0 Å². The molecular formula is C15H24N2O2S. The molecule has 0 radical (unpaired) electrons. The number of methoxy groups -OCH3 is 1. The highest BCUT2D eigenvalue weighted by atomic mass is 32.2. The Labute approximate surface area is 125 Å². The number of hydrogen-bond acceptors (Lipinski definition) is 3. The van der Waals surface area contributed by atoms with E-state index in [-0.39, 0.29) is 12.1 Å². The van der Waals surface area contributed by atoms with Crippen molar-refractivity contribution in [3.05, 3.63) is 29.8 Å². The van der Waals surface area contributed by atoms with Crippen LogP contribution in [0.25, 0.3) is 0 Å². The third-order valence-electron chi connectivity index (χ3n) is 3.01. The molecular weight excluding hydrogens is 272 g/mol. The van der Waals surface area contributed by atoms with Gasteiger partial charge in [0.15, 0.2) is 0 Å². The van der Waals surface area contributed by atoms with Gasteiger partial charge in [0, 0.05) is 25.6 Å². The number of thioether (sulfide) groups is 1. The molecule has 5 heteroatoms. The van der Waals surface area contributed by atoms with Crippen molar-refractivity contribution in [2.75, 3.05) is 33.1 Å². The lowest BCUT2D eigenvalue weighted by molar-refractivity contribution is 0.158. The second-order valence-corrected chi connectivity index (χ2v) is 5.93. The fourth-order valence-corrected chi connectivity index (χ4v) is 2.39. The molecule has 2 amide bonds. The van der Waals surface area contributed by atoms with Crippen LogP contribution in [0, 0.1) is 0 Å². The van der Waals surface area contributed by atoms with E-state index < -0.39 is 0 Å². The summed E-state index contributed by atoms with van der Waals surface area (Å²) in [6.45, 7) is 5.25. The number of amides is 2. The number of urea groups is 1. The molecule has 0 bridgehead atoms. The summed E-state index contributed by atoms with van der Waals surface area (Å²) in [6.07, 6.45) is 0. The minimum absolute atomic E-state index is 0.00632. The van der Waals surface area contributed by atoms with Crippen molar-refractivity contribution >= 4 is 17.8 Å². The fourth-order valence-electron chi connectivity index (χ4n) is 1.73. The minimum atomic E-state index is -0.0819. The van der Waals surface area contributed by atoms with Crippen molar-refractivity contribution in [1.29, 1.82) is 0 Å². The van der Waals surface area contributed by atoms with Crippen molar-refractivity contribution in [3.8, 4) is 0 Å². The molecule has 1 aromatic rings. The second kappa shape index (κ2) is 8.87. The number of carbonyl (C=O) groups is 1. The van der Waals surface area contributed by atoms with Gasteiger partial charge < -0.3 is 15.0 Å². The molecule has 4 nitrogen and oxygen atoms in total. The van der Waals surface area contributed by atoms with Crippen molar-refractivity contribution in [2.24, 2.45) is 0 Å². The molecule has 1 N–H and O–H groups in total. The molecule has 0 aromatic heterocycles. The van der Waals surface area contributed by atoms with Gasteiger partial charge in [-0.1, -0.05) is 19.1 Å². The largest absolute Gasteiger partial charge is 0.383 e. The van der Waals surface area contributed by atoms with Crippen molar-refractivity contribution in [3.63, 3.8) is 0 Å². The van der Waals surface area contributed by atoms with Crippen LogP contribution in [0.3, 0.4) is 0 Å². The van der Waals surface area contributed by atoms with Gasteiger partial charge >= 0.3 is 6.03 Å². The standard InChI is InChI=1S/C15H24N2O2S/c1-5-20-14-8-6-13(7-9-14)12(2)16-15(18)17(3)10-11-19-4/h6-9,12H,5,10-11H2,1-4H3,(H,16,18)/t12-/m0/s1. The van der Waals surface area contributed by atoms with Gasteiger partial charge in [-0.15, -0.1) is 11.8 Å². The van der Waals surface area contributed by atoms with Gasteiger partial charge in [0.2, 0.25) is 0 Å². The third-order valence-corrected chi connectivity index (χ3v) is 3.90. The zero-order chi connectivity index (χ0) is 15.0. The lowest BCUT2D eigenvalue weighted by Gasteiger charge is -2.21. The molecule has 112 valence electrons. The van der Waals surface area contributed by atoms with Crippen LogP contribution in [-0.4, -0.2) is 44.0 Å². The van der Waals surface area contributed by atoms with Crippen LogP contribution in [0.15, 0.2) is 29.2 Å². The highest BCUT2D eigenvalue weighted by Crippen LogP contribution is 2.20. The molecule has 0 unspecified atom stereocenters. The van der Waals surface area contributed by atoms with Crippen LogP contribution < -0.4 is 5.32 Å². The molecule has 0 aliphatic rings. The molecule has 0 aliphatic heterocycles. The van der Waals surface area contributed by atoms with E-state index in [0.29, 0.717) is 13.2 Å². The van der Waals surface area contributed by atoms with E-state index in [0.717, 1.165) is 11.3 Å². The Kier molecular flexibility index (Phi) is 7.47. The van der Waals surface area contributed by atoms with Gasteiger partial charge in [-0.2, -0.15) is 0 Å². The molecule has 0 spiro atoms. The van der Waals surface area contributed by atoms with E-state index in [1.54, 1.807) is 19.1 Å². The Morgan fingerprint density at radius 1 is 1.40 bits per heavy atom. The zero-order valence-corrected chi connectivity index (χ0v) is 13.5. The lowest BCUT2D eigenvalue weighted by atomic mass is 10.1. The van der Waals surface area contributed by atoms with Crippen LogP contribution in [0.4, 0.5) is 4.79 Å². The number of hydrogen-bond donors (Lipinski definition) is 1. The average molecular weight is 296 g/mol.